The number of hydrogen-bond donors (Lipinski definition) is 0. The van der Waals surface area contributed by atoms with E-state index in [1.54, 1.807) is 12.1 Å². The molecule has 0 radical (unpaired) electrons. The molecule has 0 unspecified atom stereocenters. The average Bonchev–Trinajstić information content (AvgIpc) is 2.15. The van der Waals surface area contributed by atoms with Gasteiger partial charge >= 0.3 is 6.18 Å². The van der Waals surface area contributed by atoms with Crippen molar-refractivity contribution in [2.45, 2.75) is 12.6 Å². The molecule has 0 N–H and O–H groups in total. The molecule has 2 rings (SSSR count). The molecule has 1 aromatic rings. The summed E-state index contributed by atoms with van der Waals surface area (Å²) < 4.78 is 38.5. The van der Waals surface area contributed by atoms with Crippen LogP contribution in [0.2, 0.25) is 0 Å². The van der Waals surface area contributed by atoms with Gasteiger partial charge in [-0.1, -0.05) is 22.0 Å². The van der Waals surface area contributed by atoms with Crippen LogP contribution in [0.25, 0.3) is 0 Å². The second-order valence-electron chi connectivity index (χ2n) is 3.28. The summed E-state index contributed by atoms with van der Waals surface area (Å²) in [6.07, 6.45) is -3.79. The van der Waals surface area contributed by atoms with Crippen LogP contribution in [0.4, 0.5) is 13.2 Å². The number of halogens is 4. The van der Waals surface area contributed by atoms with Gasteiger partial charge in [0.15, 0.2) is 0 Å². The Morgan fingerprint density at radius 3 is 2.67 bits per heavy atom. The van der Waals surface area contributed by atoms with Gasteiger partial charge in [-0.15, -0.1) is 0 Å². The molecule has 0 bridgehead atoms. The molecule has 1 aliphatic heterocycles. The summed E-state index contributed by atoms with van der Waals surface area (Å²) in [6.45, 7) is 0.207. The van der Waals surface area contributed by atoms with Crippen LogP contribution < -0.4 is 0 Å². The first kappa shape index (κ1) is 10.7. The maximum atomic E-state index is 12.6. The third-order valence-electron chi connectivity index (χ3n) is 2.24. The standard InChI is InChI=1S/C10H7BrF3N/c11-7-1-2-8-6(5-7)3-4-15-9(8)10(12,13)14/h1-2,5H,3-4H2. The van der Waals surface area contributed by atoms with Crippen molar-refractivity contribution in [2.75, 3.05) is 6.54 Å². The molecule has 0 saturated heterocycles. The first-order valence-electron chi connectivity index (χ1n) is 4.39. The van der Waals surface area contributed by atoms with Crippen molar-refractivity contribution in [3.63, 3.8) is 0 Å². The zero-order chi connectivity index (χ0) is 11.1. The lowest BCUT2D eigenvalue weighted by Gasteiger charge is -2.18. The normalized spacial score (nSPS) is 15.9. The smallest absolute Gasteiger partial charge is 0.280 e. The molecule has 0 fully saturated rings. The van der Waals surface area contributed by atoms with Gasteiger partial charge in [-0.3, -0.25) is 4.99 Å². The Morgan fingerprint density at radius 2 is 2.00 bits per heavy atom. The van der Waals surface area contributed by atoms with Gasteiger partial charge in [0.25, 0.3) is 0 Å². The van der Waals surface area contributed by atoms with Crippen molar-refractivity contribution >= 4 is 21.6 Å². The summed E-state index contributed by atoms with van der Waals surface area (Å²) in [4.78, 5) is 3.55. The molecule has 1 aromatic carbocycles. The van der Waals surface area contributed by atoms with Gasteiger partial charge in [0.1, 0.15) is 5.71 Å². The summed E-state index contributed by atoms with van der Waals surface area (Å²) in [7, 11) is 0. The Kier molecular flexibility index (Phi) is 2.58. The summed E-state index contributed by atoms with van der Waals surface area (Å²) in [5.74, 6) is 0. The zero-order valence-electron chi connectivity index (χ0n) is 7.61. The average molecular weight is 278 g/mol. The van der Waals surface area contributed by atoms with Crippen LogP contribution in [-0.2, 0) is 6.42 Å². The molecule has 1 nitrogen and oxygen atoms in total. The third-order valence-corrected chi connectivity index (χ3v) is 2.74. The molecule has 0 aliphatic carbocycles. The number of rotatable bonds is 0. The topological polar surface area (TPSA) is 12.4 Å². The van der Waals surface area contributed by atoms with Crippen molar-refractivity contribution < 1.29 is 13.2 Å². The monoisotopic (exact) mass is 277 g/mol. The van der Waals surface area contributed by atoms with E-state index in [0.29, 0.717) is 12.0 Å². The Balaban J connectivity index is 2.52. The largest absolute Gasteiger partial charge is 0.433 e. The van der Waals surface area contributed by atoms with Crippen LogP contribution in [0.1, 0.15) is 11.1 Å². The van der Waals surface area contributed by atoms with Gasteiger partial charge in [0, 0.05) is 16.6 Å². The lowest BCUT2D eigenvalue weighted by molar-refractivity contribution is -0.0584. The van der Waals surface area contributed by atoms with Crippen LogP contribution in [0, 0.1) is 0 Å². The summed E-state index contributed by atoms with van der Waals surface area (Å²) in [5.41, 5.74) is 0.153. The highest BCUT2D eigenvalue weighted by Gasteiger charge is 2.38. The van der Waals surface area contributed by atoms with Gasteiger partial charge in [0.2, 0.25) is 0 Å². The van der Waals surface area contributed by atoms with Crippen molar-refractivity contribution in [1.82, 2.24) is 0 Å². The lowest BCUT2D eigenvalue weighted by Crippen LogP contribution is -2.28. The Hall–Kier alpha value is -0.840. The van der Waals surface area contributed by atoms with E-state index in [4.69, 9.17) is 0 Å². The molecule has 0 saturated carbocycles. The minimum atomic E-state index is -4.36. The zero-order valence-corrected chi connectivity index (χ0v) is 9.19. The highest BCUT2D eigenvalue weighted by atomic mass is 79.9. The number of benzene rings is 1. The molecule has 15 heavy (non-hydrogen) atoms. The Bertz CT molecular complexity index is 423. The molecule has 0 spiro atoms. The molecule has 5 heteroatoms. The summed E-state index contributed by atoms with van der Waals surface area (Å²) >= 11 is 3.24. The fourth-order valence-electron chi connectivity index (χ4n) is 1.62. The van der Waals surface area contributed by atoms with E-state index < -0.39 is 11.9 Å². The molecule has 1 heterocycles. The third kappa shape index (κ3) is 2.07. The van der Waals surface area contributed by atoms with Crippen molar-refractivity contribution in [2.24, 2.45) is 4.99 Å². The molecular formula is C10H7BrF3N. The minimum absolute atomic E-state index is 0.206. The second-order valence-corrected chi connectivity index (χ2v) is 4.20. The van der Waals surface area contributed by atoms with Crippen LogP contribution in [0.5, 0.6) is 0 Å². The maximum Gasteiger partial charge on any atom is 0.433 e. The first-order chi connectivity index (χ1) is 6.98. The van der Waals surface area contributed by atoms with E-state index in [1.165, 1.54) is 6.07 Å². The van der Waals surface area contributed by atoms with E-state index in [-0.39, 0.29) is 12.1 Å². The van der Waals surface area contributed by atoms with Gasteiger partial charge in [-0.05, 0) is 24.1 Å². The van der Waals surface area contributed by atoms with Crippen LogP contribution >= 0.6 is 15.9 Å². The minimum Gasteiger partial charge on any atom is -0.280 e. The van der Waals surface area contributed by atoms with E-state index in [9.17, 15) is 13.2 Å². The molecule has 80 valence electrons. The van der Waals surface area contributed by atoms with E-state index in [1.807, 2.05) is 0 Å². The second kappa shape index (κ2) is 3.63. The van der Waals surface area contributed by atoms with E-state index in [0.717, 1.165) is 4.47 Å². The van der Waals surface area contributed by atoms with E-state index >= 15 is 0 Å². The summed E-state index contributed by atoms with van der Waals surface area (Å²) in [6, 6.07) is 4.78. The number of aliphatic imine (C=N–C) groups is 1. The number of nitrogens with zero attached hydrogens (tertiary/aromatic N) is 1. The lowest BCUT2D eigenvalue weighted by atomic mass is 9.97. The Morgan fingerprint density at radius 1 is 1.27 bits per heavy atom. The highest BCUT2D eigenvalue weighted by Crippen LogP contribution is 2.29. The molecule has 0 atom stereocenters. The molecule has 1 aliphatic rings. The van der Waals surface area contributed by atoms with Gasteiger partial charge < -0.3 is 0 Å². The molecule has 0 aromatic heterocycles. The van der Waals surface area contributed by atoms with Crippen molar-refractivity contribution in [3.05, 3.63) is 33.8 Å². The van der Waals surface area contributed by atoms with Crippen LogP contribution in [0.3, 0.4) is 0 Å². The van der Waals surface area contributed by atoms with E-state index in [2.05, 4.69) is 20.9 Å². The highest BCUT2D eigenvalue weighted by molar-refractivity contribution is 9.10. The quantitative estimate of drug-likeness (QED) is 0.690. The van der Waals surface area contributed by atoms with Crippen LogP contribution in [-0.4, -0.2) is 18.4 Å². The van der Waals surface area contributed by atoms with Gasteiger partial charge in [-0.25, -0.2) is 0 Å². The fourth-order valence-corrected chi connectivity index (χ4v) is 2.02. The summed E-state index contributed by atoms with van der Waals surface area (Å²) in [5, 5.41) is 0. The predicted octanol–water partition coefficient (Wildman–Crippen LogP) is 3.36. The predicted molar refractivity (Wildman–Crippen MR) is 55.3 cm³/mol. The fraction of sp³-hybridized carbons (Fsp3) is 0.300. The van der Waals surface area contributed by atoms with Crippen LogP contribution in [0.15, 0.2) is 27.7 Å². The van der Waals surface area contributed by atoms with Crippen molar-refractivity contribution in [3.8, 4) is 0 Å². The first-order valence-corrected chi connectivity index (χ1v) is 5.18. The Labute approximate surface area is 93.1 Å². The molecular weight excluding hydrogens is 271 g/mol. The number of fused-ring (bicyclic) bond motifs is 1. The number of hydrogen-bond acceptors (Lipinski definition) is 1. The number of alkyl halides is 3. The molecule has 0 amide bonds. The van der Waals surface area contributed by atoms with Gasteiger partial charge in [-0.2, -0.15) is 13.2 Å². The maximum absolute atomic E-state index is 12.6. The van der Waals surface area contributed by atoms with Gasteiger partial charge in [0.05, 0.1) is 0 Å². The SMILES string of the molecule is FC(F)(F)C1=NCCc2cc(Br)ccc21. The van der Waals surface area contributed by atoms with Crippen molar-refractivity contribution in [1.29, 1.82) is 0 Å².